The van der Waals surface area contributed by atoms with Crippen molar-refractivity contribution in [2.75, 3.05) is 19.6 Å². The third-order valence-electron chi connectivity index (χ3n) is 7.69. The third kappa shape index (κ3) is 5.03. The molecule has 0 spiro atoms. The molecule has 1 aliphatic heterocycles. The Hall–Kier alpha value is -2.14. The number of benzene rings is 1. The van der Waals surface area contributed by atoms with Crippen LogP contribution in [0.4, 0.5) is 0 Å². The zero-order valence-electron chi connectivity index (χ0n) is 19.5. The van der Waals surface area contributed by atoms with Crippen LogP contribution in [0.25, 0.3) is 0 Å². The van der Waals surface area contributed by atoms with Crippen molar-refractivity contribution >= 4 is 5.91 Å². The van der Waals surface area contributed by atoms with Gasteiger partial charge in [-0.3, -0.25) is 9.48 Å². The standard InChI is InChI=1S/C26H38N4O/c1-20-24(21(2)29(3)28-20)11-12-25(31)27-23-13-17-30(18-14-23)19-26(15-7-8-16-26)22-9-5-4-6-10-22/h4-6,9-10,23H,7-8,11-19H2,1-3H3,(H,27,31). The molecule has 1 saturated carbocycles. The van der Waals surface area contributed by atoms with Gasteiger partial charge in [-0.1, -0.05) is 43.2 Å². The van der Waals surface area contributed by atoms with E-state index in [2.05, 4.69) is 52.6 Å². The van der Waals surface area contributed by atoms with E-state index in [0.29, 0.717) is 17.9 Å². The summed E-state index contributed by atoms with van der Waals surface area (Å²) < 4.78 is 1.91. The first-order chi connectivity index (χ1) is 15.0. The minimum Gasteiger partial charge on any atom is -0.353 e. The molecule has 0 atom stereocenters. The normalized spacial score (nSPS) is 19.6. The SMILES string of the molecule is Cc1nn(C)c(C)c1CCC(=O)NC1CCN(CC2(c3ccccc3)CCCC2)CC1. The van der Waals surface area contributed by atoms with Crippen LogP contribution in [0.1, 0.15) is 67.5 Å². The van der Waals surface area contributed by atoms with Crippen molar-refractivity contribution < 1.29 is 4.79 Å². The maximum Gasteiger partial charge on any atom is 0.220 e. The van der Waals surface area contributed by atoms with Crippen molar-refractivity contribution in [1.82, 2.24) is 20.0 Å². The van der Waals surface area contributed by atoms with Gasteiger partial charge in [0, 0.05) is 50.3 Å². The Morgan fingerprint density at radius 1 is 1.13 bits per heavy atom. The highest BCUT2D eigenvalue weighted by molar-refractivity contribution is 5.76. The quantitative estimate of drug-likeness (QED) is 0.732. The van der Waals surface area contributed by atoms with Gasteiger partial charge >= 0.3 is 0 Å². The van der Waals surface area contributed by atoms with E-state index in [1.807, 2.05) is 18.7 Å². The number of aryl methyl sites for hydroxylation is 2. The summed E-state index contributed by atoms with van der Waals surface area (Å²) >= 11 is 0. The lowest BCUT2D eigenvalue weighted by Gasteiger charge is -2.39. The summed E-state index contributed by atoms with van der Waals surface area (Å²) in [6.45, 7) is 7.44. The van der Waals surface area contributed by atoms with Gasteiger partial charge in [0.05, 0.1) is 5.69 Å². The van der Waals surface area contributed by atoms with E-state index in [1.54, 1.807) is 0 Å². The van der Waals surface area contributed by atoms with Gasteiger partial charge in [-0.2, -0.15) is 5.10 Å². The van der Waals surface area contributed by atoms with Gasteiger partial charge in [-0.25, -0.2) is 0 Å². The minimum atomic E-state index is 0.178. The Labute approximate surface area is 187 Å². The Balaban J connectivity index is 1.25. The fourth-order valence-electron chi connectivity index (χ4n) is 5.76. The number of carbonyl (C=O) groups excluding carboxylic acids is 1. The smallest absolute Gasteiger partial charge is 0.220 e. The van der Waals surface area contributed by atoms with Gasteiger partial charge in [0.15, 0.2) is 0 Å². The summed E-state index contributed by atoms with van der Waals surface area (Å²) in [5, 5.41) is 7.76. The van der Waals surface area contributed by atoms with Crippen LogP contribution >= 0.6 is 0 Å². The van der Waals surface area contributed by atoms with Crippen LogP contribution in [0, 0.1) is 13.8 Å². The molecular weight excluding hydrogens is 384 g/mol. The molecule has 2 aliphatic rings. The number of nitrogens with one attached hydrogen (secondary N) is 1. The molecule has 5 heteroatoms. The molecular formula is C26H38N4O. The zero-order chi connectivity index (χ0) is 21.8. The first-order valence-electron chi connectivity index (χ1n) is 12.0. The number of aromatic nitrogens is 2. The van der Waals surface area contributed by atoms with Crippen molar-refractivity contribution in [1.29, 1.82) is 0 Å². The van der Waals surface area contributed by atoms with E-state index in [1.165, 1.54) is 36.8 Å². The maximum atomic E-state index is 12.6. The summed E-state index contributed by atoms with van der Waals surface area (Å²) in [5.41, 5.74) is 5.27. The van der Waals surface area contributed by atoms with Gasteiger partial charge in [-0.15, -0.1) is 0 Å². The average molecular weight is 423 g/mol. The van der Waals surface area contributed by atoms with Crippen LogP contribution in [0.15, 0.2) is 30.3 Å². The third-order valence-corrected chi connectivity index (χ3v) is 7.69. The number of carbonyl (C=O) groups is 1. The van der Waals surface area contributed by atoms with Crippen LogP contribution in [0.2, 0.25) is 0 Å². The summed E-state index contributed by atoms with van der Waals surface area (Å²) in [4.78, 5) is 15.2. The predicted molar refractivity (Wildman–Crippen MR) is 125 cm³/mol. The molecule has 1 aromatic carbocycles. The van der Waals surface area contributed by atoms with E-state index >= 15 is 0 Å². The largest absolute Gasteiger partial charge is 0.353 e. The van der Waals surface area contributed by atoms with Crippen molar-refractivity contribution in [2.24, 2.45) is 7.05 Å². The van der Waals surface area contributed by atoms with Crippen molar-refractivity contribution in [3.05, 3.63) is 52.8 Å². The fourth-order valence-corrected chi connectivity index (χ4v) is 5.76. The topological polar surface area (TPSA) is 50.2 Å². The van der Waals surface area contributed by atoms with Gasteiger partial charge in [0.1, 0.15) is 0 Å². The number of nitrogens with zero attached hydrogens (tertiary/aromatic N) is 3. The number of rotatable bonds is 7. The van der Waals surface area contributed by atoms with Crippen molar-refractivity contribution in [3.8, 4) is 0 Å². The highest BCUT2D eigenvalue weighted by Crippen LogP contribution is 2.42. The molecule has 1 aromatic heterocycles. The maximum absolute atomic E-state index is 12.6. The van der Waals surface area contributed by atoms with Crippen LogP contribution in [-0.4, -0.2) is 46.3 Å². The van der Waals surface area contributed by atoms with E-state index in [-0.39, 0.29) is 5.91 Å². The van der Waals surface area contributed by atoms with Gasteiger partial charge in [0.25, 0.3) is 0 Å². The lowest BCUT2D eigenvalue weighted by molar-refractivity contribution is -0.122. The Kier molecular flexibility index (Phi) is 6.80. The van der Waals surface area contributed by atoms with E-state index in [9.17, 15) is 4.79 Å². The molecule has 0 bridgehead atoms. The molecule has 0 radical (unpaired) electrons. The summed E-state index contributed by atoms with van der Waals surface area (Å²) in [7, 11) is 1.97. The van der Waals surface area contributed by atoms with Gasteiger partial charge < -0.3 is 10.2 Å². The second kappa shape index (κ2) is 9.56. The molecule has 1 amide bonds. The number of amides is 1. The summed E-state index contributed by atoms with van der Waals surface area (Å²) in [5.74, 6) is 0.178. The predicted octanol–water partition coefficient (Wildman–Crippen LogP) is 4.06. The molecule has 1 N–H and O–H groups in total. The zero-order valence-corrected chi connectivity index (χ0v) is 19.5. The molecule has 168 valence electrons. The number of hydrogen-bond donors (Lipinski definition) is 1. The number of hydrogen-bond acceptors (Lipinski definition) is 3. The Bertz CT molecular complexity index is 874. The Morgan fingerprint density at radius 3 is 2.42 bits per heavy atom. The number of piperidine rings is 1. The van der Waals surface area contributed by atoms with Crippen molar-refractivity contribution in [3.63, 3.8) is 0 Å². The summed E-state index contributed by atoms with van der Waals surface area (Å²) in [6, 6.07) is 11.5. The highest BCUT2D eigenvalue weighted by atomic mass is 16.1. The monoisotopic (exact) mass is 422 g/mol. The van der Waals surface area contributed by atoms with Crippen LogP contribution in [0.3, 0.4) is 0 Å². The highest BCUT2D eigenvalue weighted by Gasteiger charge is 2.37. The summed E-state index contributed by atoms with van der Waals surface area (Å²) in [6.07, 6.45) is 8.74. The molecule has 1 saturated heterocycles. The molecule has 2 aromatic rings. The minimum absolute atomic E-state index is 0.178. The van der Waals surface area contributed by atoms with Crippen molar-refractivity contribution in [2.45, 2.75) is 76.7 Å². The van der Waals surface area contributed by atoms with Gasteiger partial charge in [-0.05, 0) is 57.1 Å². The van der Waals surface area contributed by atoms with E-state index in [4.69, 9.17) is 0 Å². The van der Waals surface area contributed by atoms with E-state index < -0.39 is 0 Å². The average Bonchev–Trinajstić information content (AvgIpc) is 3.34. The van der Waals surface area contributed by atoms with E-state index in [0.717, 1.165) is 50.3 Å². The van der Waals surface area contributed by atoms with Crippen LogP contribution in [0.5, 0.6) is 0 Å². The molecule has 1 aliphatic carbocycles. The lowest BCUT2D eigenvalue weighted by atomic mass is 9.78. The molecule has 31 heavy (non-hydrogen) atoms. The first kappa shape index (κ1) is 22.1. The lowest BCUT2D eigenvalue weighted by Crippen LogP contribution is -2.48. The van der Waals surface area contributed by atoms with Crippen LogP contribution < -0.4 is 5.32 Å². The van der Waals surface area contributed by atoms with Crippen LogP contribution in [-0.2, 0) is 23.7 Å². The fraction of sp³-hybridized carbons (Fsp3) is 0.615. The first-order valence-corrected chi connectivity index (χ1v) is 12.0. The molecule has 4 rings (SSSR count). The second-order valence-corrected chi connectivity index (χ2v) is 9.74. The molecule has 2 fully saturated rings. The number of likely N-dealkylation sites (tertiary alicyclic amines) is 1. The molecule has 2 heterocycles. The molecule has 0 unspecified atom stereocenters. The van der Waals surface area contributed by atoms with Gasteiger partial charge in [0.2, 0.25) is 5.91 Å². The second-order valence-electron chi connectivity index (χ2n) is 9.74. The molecule has 5 nitrogen and oxygen atoms in total. The Morgan fingerprint density at radius 2 is 1.81 bits per heavy atom.